The van der Waals surface area contributed by atoms with E-state index in [9.17, 15) is 9.59 Å². The fourth-order valence-corrected chi connectivity index (χ4v) is 6.19. The predicted octanol–water partition coefficient (Wildman–Crippen LogP) is 6.70. The standard InChI is InChI=1S/C31H28N2O3S/c1-20(30(34)33-17-7-11-21-9-2-5-16-27(21)33)36-31(35)28-24-13-3-4-15-26(24)32-29-22(10-6-14-25(28)29)19-23-12-8-18-37-23/h2-5,8-9,12-13,15-16,18-20H,6-7,10-11,14,17H2,1H3/b22-19-/t20-/m1/s1. The molecule has 4 aromatic rings. The molecule has 5 nitrogen and oxygen atoms in total. The molecule has 0 saturated heterocycles. The largest absolute Gasteiger partial charge is 0.449 e. The second kappa shape index (κ2) is 9.94. The summed E-state index contributed by atoms with van der Waals surface area (Å²) < 4.78 is 5.91. The molecular weight excluding hydrogens is 480 g/mol. The summed E-state index contributed by atoms with van der Waals surface area (Å²) >= 11 is 1.69. The number of aromatic nitrogens is 1. The van der Waals surface area contributed by atoms with Crippen molar-refractivity contribution < 1.29 is 14.3 Å². The summed E-state index contributed by atoms with van der Waals surface area (Å²) in [6.45, 7) is 2.30. The zero-order valence-electron chi connectivity index (χ0n) is 20.8. The van der Waals surface area contributed by atoms with E-state index in [1.165, 1.54) is 4.88 Å². The quantitative estimate of drug-likeness (QED) is 0.288. The summed E-state index contributed by atoms with van der Waals surface area (Å²) in [6, 6.07) is 19.8. The Balaban J connectivity index is 1.35. The lowest BCUT2D eigenvalue weighted by Crippen LogP contribution is -2.42. The fourth-order valence-electron chi connectivity index (χ4n) is 5.51. The number of aryl methyl sites for hydroxylation is 1. The Morgan fingerprint density at radius 3 is 2.70 bits per heavy atom. The molecule has 2 aliphatic rings. The zero-order chi connectivity index (χ0) is 25.4. The lowest BCUT2D eigenvalue weighted by atomic mass is 9.86. The maximum absolute atomic E-state index is 13.8. The van der Waals surface area contributed by atoms with E-state index in [0.29, 0.717) is 12.1 Å². The van der Waals surface area contributed by atoms with E-state index >= 15 is 0 Å². The number of ether oxygens (including phenoxy) is 1. The Kier molecular flexibility index (Phi) is 6.35. The molecule has 0 saturated carbocycles. The number of fused-ring (bicyclic) bond motifs is 3. The van der Waals surface area contributed by atoms with Gasteiger partial charge in [-0.25, -0.2) is 9.78 Å². The van der Waals surface area contributed by atoms with Crippen LogP contribution in [-0.2, 0) is 22.4 Å². The van der Waals surface area contributed by atoms with Gasteiger partial charge in [-0.2, -0.15) is 0 Å². The predicted molar refractivity (Wildman–Crippen MR) is 149 cm³/mol. The van der Waals surface area contributed by atoms with Crippen molar-refractivity contribution in [3.05, 3.63) is 93.3 Å². The Morgan fingerprint density at radius 1 is 1.00 bits per heavy atom. The van der Waals surface area contributed by atoms with Gasteiger partial charge in [-0.3, -0.25) is 4.79 Å². The molecule has 1 atom stereocenters. The molecule has 1 aliphatic carbocycles. The van der Waals surface area contributed by atoms with Crippen LogP contribution in [0.5, 0.6) is 0 Å². The number of nitrogens with zero attached hydrogens (tertiary/aromatic N) is 2. The van der Waals surface area contributed by atoms with Crippen molar-refractivity contribution in [1.82, 2.24) is 4.98 Å². The van der Waals surface area contributed by atoms with Gasteiger partial charge in [0.15, 0.2) is 6.10 Å². The van der Waals surface area contributed by atoms with Gasteiger partial charge in [0.25, 0.3) is 5.91 Å². The van der Waals surface area contributed by atoms with Crippen LogP contribution in [0.1, 0.15) is 58.2 Å². The number of anilines is 1. The first-order valence-corrected chi connectivity index (χ1v) is 13.7. The zero-order valence-corrected chi connectivity index (χ0v) is 21.6. The molecular formula is C31H28N2O3S. The van der Waals surface area contributed by atoms with Crippen molar-refractivity contribution >= 4 is 51.5 Å². The monoisotopic (exact) mass is 508 g/mol. The summed E-state index contributed by atoms with van der Waals surface area (Å²) in [5, 5.41) is 2.83. The average molecular weight is 509 g/mol. The van der Waals surface area contributed by atoms with Crippen LogP contribution in [0, 0.1) is 0 Å². The highest BCUT2D eigenvalue weighted by atomic mass is 32.1. The number of hydrogen-bond donors (Lipinski definition) is 0. The molecule has 2 aromatic carbocycles. The van der Waals surface area contributed by atoms with Gasteiger partial charge in [0.05, 0.1) is 16.8 Å². The van der Waals surface area contributed by atoms with Crippen molar-refractivity contribution in [1.29, 1.82) is 0 Å². The van der Waals surface area contributed by atoms with Crippen LogP contribution in [0.2, 0.25) is 0 Å². The van der Waals surface area contributed by atoms with Crippen molar-refractivity contribution in [2.45, 2.75) is 45.1 Å². The molecule has 37 heavy (non-hydrogen) atoms. The minimum atomic E-state index is -0.897. The summed E-state index contributed by atoms with van der Waals surface area (Å²) in [5.41, 5.74) is 6.29. The van der Waals surface area contributed by atoms with Crippen molar-refractivity contribution in [3.8, 4) is 0 Å². The second-order valence-corrected chi connectivity index (χ2v) is 10.6. The van der Waals surface area contributed by atoms with Crippen LogP contribution in [0.3, 0.4) is 0 Å². The number of hydrogen-bond acceptors (Lipinski definition) is 5. The van der Waals surface area contributed by atoms with Crippen LogP contribution in [0.4, 0.5) is 5.69 Å². The maximum atomic E-state index is 13.8. The first-order chi connectivity index (χ1) is 18.1. The molecule has 0 unspecified atom stereocenters. The van der Waals surface area contributed by atoms with Gasteiger partial charge >= 0.3 is 5.97 Å². The summed E-state index contributed by atoms with van der Waals surface area (Å²) in [7, 11) is 0. The average Bonchev–Trinajstić information content (AvgIpc) is 3.44. The maximum Gasteiger partial charge on any atom is 0.339 e. The molecule has 6 heteroatoms. The topological polar surface area (TPSA) is 59.5 Å². The molecule has 0 radical (unpaired) electrons. The molecule has 6 rings (SSSR count). The van der Waals surface area contributed by atoms with E-state index in [2.05, 4.69) is 23.6 Å². The van der Waals surface area contributed by atoms with E-state index < -0.39 is 12.1 Å². The number of carbonyl (C=O) groups is 2. The Hall–Kier alpha value is -3.77. The summed E-state index contributed by atoms with van der Waals surface area (Å²) in [6.07, 6.45) is 5.72. The molecule has 0 fully saturated rings. The minimum absolute atomic E-state index is 0.189. The first-order valence-electron chi connectivity index (χ1n) is 12.9. The molecule has 0 N–H and O–H groups in total. The third-order valence-electron chi connectivity index (χ3n) is 7.24. The molecule has 2 aromatic heterocycles. The van der Waals surface area contributed by atoms with Gasteiger partial charge in [0.2, 0.25) is 0 Å². The smallest absolute Gasteiger partial charge is 0.339 e. The highest BCUT2D eigenvalue weighted by molar-refractivity contribution is 7.10. The first kappa shape index (κ1) is 23.6. The van der Waals surface area contributed by atoms with Crippen LogP contribution >= 0.6 is 11.3 Å². The molecule has 0 bridgehead atoms. The van der Waals surface area contributed by atoms with Gasteiger partial charge in [0.1, 0.15) is 0 Å². The second-order valence-electron chi connectivity index (χ2n) is 9.64. The number of rotatable bonds is 4. The molecule has 1 amide bonds. The van der Waals surface area contributed by atoms with Gasteiger partial charge in [-0.15, -0.1) is 11.3 Å². The molecule has 3 heterocycles. The lowest BCUT2D eigenvalue weighted by molar-refractivity contribution is -0.126. The van der Waals surface area contributed by atoms with Crippen molar-refractivity contribution in [2.75, 3.05) is 11.4 Å². The normalized spacial score (nSPS) is 16.8. The van der Waals surface area contributed by atoms with E-state index in [1.54, 1.807) is 23.2 Å². The summed E-state index contributed by atoms with van der Waals surface area (Å²) in [4.78, 5) is 35.1. The molecule has 0 spiro atoms. The van der Waals surface area contributed by atoms with Crippen molar-refractivity contribution in [3.63, 3.8) is 0 Å². The Bertz CT molecular complexity index is 1520. The number of thiophene rings is 1. The summed E-state index contributed by atoms with van der Waals surface area (Å²) in [5.74, 6) is -0.649. The third-order valence-corrected chi connectivity index (χ3v) is 8.06. The highest BCUT2D eigenvalue weighted by Gasteiger charge is 2.31. The molecule has 186 valence electrons. The number of amides is 1. The van der Waals surface area contributed by atoms with Crippen LogP contribution < -0.4 is 4.90 Å². The van der Waals surface area contributed by atoms with Crippen LogP contribution in [0.15, 0.2) is 66.0 Å². The Labute approximate surface area is 220 Å². The Morgan fingerprint density at radius 2 is 1.84 bits per heavy atom. The van der Waals surface area contributed by atoms with Crippen molar-refractivity contribution in [2.24, 2.45) is 0 Å². The van der Waals surface area contributed by atoms with Gasteiger partial charge < -0.3 is 9.64 Å². The van der Waals surface area contributed by atoms with E-state index in [4.69, 9.17) is 9.72 Å². The van der Waals surface area contributed by atoms with E-state index in [1.807, 2.05) is 48.5 Å². The van der Waals surface area contributed by atoms with Crippen LogP contribution in [-0.4, -0.2) is 29.5 Å². The number of pyridine rings is 1. The van der Waals surface area contributed by atoms with E-state index in [0.717, 1.165) is 71.1 Å². The number of carbonyl (C=O) groups excluding carboxylic acids is 2. The lowest BCUT2D eigenvalue weighted by Gasteiger charge is -2.31. The van der Waals surface area contributed by atoms with E-state index in [-0.39, 0.29) is 5.91 Å². The SMILES string of the molecule is C[C@@H](OC(=O)c1c2c(nc3ccccc13)/C(=C\c1cccs1)CCC2)C(=O)N1CCCc2ccccc21. The fraction of sp³-hybridized carbons (Fsp3) is 0.258. The third kappa shape index (κ3) is 4.46. The van der Waals surface area contributed by atoms with Crippen LogP contribution in [0.25, 0.3) is 22.6 Å². The van der Waals surface area contributed by atoms with Gasteiger partial charge in [-0.05, 0) is 85.4 Å². The number of para-hydroxylation sites is 2. The number of esters is 1. The minimum Gasteiger partial charge on any atom is -0.449 e. The number of benzene rings is 2. The van der Waals surface area contributed by atoms with Gasteiger partial charge in [0, 0.05) is 22.5 Å². The molecule has 1 aliphatic heterocycles. The van der Waals surface area contributed by atoms with Gasteiger partial charge in [-0.1, -0.05) is 42.5 Å². The number of allylic oxidation sites excluding steroid dienone is 1. The highest BCUT2D eigenvalue weighted by Crippen LogP contribution is 2.37.